The molecule has 160 valence electrons. The molecular formula is C27H24N2O3. The minimum atomic E-state index is -1.89. The fraction of sp³-hybridized carbons (Fsp3) is 0.222. The van der Waals surface area contributed by atoms with Gasteiger partial charge in [-0.25, -0.2) is 0 Å². The van der Waals surface area contributed by atoms with Gasteiger partial charge in [0, 0.05) is 29.6 Å². The molecule has 0 bridgehead atoms. The van der Waals surface area contributed by atoms with E-state index in [0.717, 1.165) is 16.7 Å². The van der Waals surface area contributed by atoms with Crippen LogP contribution in [0.3, 0.4) is 0 Å². The molecule has 3 aliphatic rings. The highest BCUT2D eigenvalue weighted by Crippen LogP contribution is 2.62. The van der Waals surface area contributed by atoms with Crippen LogP contribution in [-0.2, 0) is 17.9 Å². The van der Waals surface area contributed by atoms with Crippen molar-refractivity contribution in [2.45, 2.75) is 37.6 Å². The predicted octanol–water partition coefficient (Wildman–Crippen LogP) is 4.51. The first kappa shape index (κ1) is 19.1. The first-order valence-electron chi connectivity index (χ1n) is 10.9. The lowest BCUT2D eigenvalue weighted by molar-refractivity contribution is -0.196. The molecule has 0 radical (unpaired) electrons. The van der Waals surface area contributed by atoms with Gasteiger partial charge in [0.25, 0.3) is 5.79 Å². The minimum Gasteiger partial charge on any atom is -0.454 e. The Labute approximate surface area is 186 Å². The van der Waals surface area contributed by atoms with E-state index in [4.69, 9.17) is 10.5 Å². The quantitative estimate of drug-likeness (QED) is 0.592. The van der Waals surface area contributed by atoms with Crippen LogP contribution in [-0.4, -0.2) is 15.8 Å². The fourth-order valence-electron chi connectivity index (χ4n) is 5.47. The maximum atomic E-state index is 14.2. The number of anilines is 1. The molecule has 2 unspecified atom stereocenters. The van der Waals surface area contributed by atoms with Crippen LogP contribution in [0.5, 0.6) is 5.75 Å². The van der Waals surface area contributed by atoms with Crippen molar-refractivity contribution in [1.29, 1.82) is 0 Å². The molecule has 6 rings (SSSR count). The van der Waals surface area contributed by atoms with E-state index in [1.54, 1.807) is 18.2 Å². The van der Waals surface area contributed by atoms with Gasteiger partial charge in [0.2, 0.25) is 11.3 Å². The van der Waals surface area contributed by atoms with Crippen molar-refractivity contribution in [1.82, 2.24) is 4.90 Å². The van der Waals surface area contributed by atoms with Crippen LogP contribution >= 0.6 is 0 Å². The van der Waals surface area contributed by atoms with Crippen LogP contribution in [0.15, 0.2) is 66.9 Å². The molecule has 5 nitrogen and oxygen atoms in total. The molecule has 0 aromatic heterocycles. The van der Waals surface area contributed by atoms with Crippen molar-refractivity contribution in [2.24, 2.45) is 0 Å². The Morgan fingerprint density at radius 3 is 2.69 bits per heavy atom. The zero-order chi connectivity index (χ0) is 22.3. The Morgan fingerprint density at radius 2 is 1.88 bits per heavy atom. The van der Waals surface area contributed by atoms with Gasteiger partial charge in [-0.1, -0.05) is 62.4 Å². The SMILES string of the molecule is CC(C)c1ccc2c(c1)OC1(O)c3cccc(N)c3C(=O)C21N1C=Cc2ccccc2C1. The Morgan fingerprint density at radius 1 is 1.06 bits per heavy atom. The van der Waals surface area contributed by atoms with E-state index in [9.17, 15) is 9.90 Å². The molecule has 1 aliphatic carbocycles. The number of ether oxygens (including phenoxy) is 1. The van der Waals surface area contributed by atoms with Crippen molar-refractivity contribution in [3.8, 4) is 5.75 Å². The van der Waals surface area contributed by atoms with E-state index in [1.165, 1.54) is 0 Å². The highest BCUT2D eigenvalue weighted by Gasteiger charge is 2.73. The van der Waals surface area contributed by atoms with Gasteiger partial charge in [-0.3, -0.25) is 4.79 Å². The smallest absolute Gasteiger partial charge is 0.271 e. The monoisotopic (exact) mass is 424 g/mol. The van der Waals surface area contributed by atoms with Crippen molar-refractivity contribution < 1.29 is 14.6 Å². The lowest BCUT2D eigenvalue weighted by Gasteiger charge is -2.43. The summed E-state index contributed by atoms with van der Waals surface area (Å²) >= 11 is 0. The molecule has 2 atom stereocenters. The maximum Gasteiger partial charge on any atom is 0.271 e. The largest absolute Gasteiger partial charge is 0.454 e. The molecule has 3 N–H and O–H groups in total. The van der Waals surface area contributed by atoms with Gasteiger partial charge in [0.1, 0.15) is 5.75 Å². The average Bonchev–Trinajstić information content (AvgIpc) is 3.17. The van der Waals surface area contributed by atoms with Gasteiger partial charge in [0.05, 0.1) is 5.56 Å². The number of nitrogen functional groups attached to an aromatic ring is 1. The summed E-state index contributed by atoms with van der Waals surface area (Å²) in [6.07, 6.45) is 3.87. The van der Waals surface area contributed by atoms with Crippen LogP contribution < -0.4 is 10.5 Å². The fourth-order valence-corrected chi connectivity index (χ4v) is 5.47. The lowest BCUT2D eigenvalue weighted by Crippen LogP contribution is -2.58. The molecule has 0 amide bonds. The van der Waals surface area contributed by atoms with Gasteiger partial charge in [0.15, 0.2) is 0 Å². The number of rotatable bonds is 2. The molecule has 3 aromatic carbocycles. The molecule has 2 heterocycles. The van der Waals surface area contributed by atoms with E-state index in [2.05, 4.69) is 13.8 Å². The van der Waals surface area contributed by atoms with Crippen molar-refractivity contribution in [3.63, 3.8) is 0 Å². The molecule has 32 heavy (non-hydrogen) atoms. The van der Waals surface area contributed by atoms with Gasteiger partial charge in [-0.2, -0.15) is 0 Å². The number of aliphatic hydroxyl groups is 1. The van der Waals surface area contributed by atoms with E-state index in [0.29, 0.717) is 34.7 Å². The summed E-state index contributed by atoms with van der Waals surface area (Å²) in [4.78, 5) is 16.1. The number of nitrogens with two attached hydrogens (primary N) is 1. The topological polar surface area (TPSA) is 75.8 Å². The molecular weight excluding hydrogens is 400 g/mol. The normalized spacial score (nSPS) is 24.8. The second-order valence-electron chi connectivity index (χ2n) is 9.11. The summed E-state index contributed by atoms with van der Waals surface area (Å²) in [6, 6.07) is 19.1. The summed E-state index contributed by atoms with van der Waals surface area (Å²) < 4.78 is 6.31. The number of fused-ring (bicyclic) bond motifs is 6. The van der Waals surface area contributed by atoms with E-state index in [1.807, 2.05) is 59.6 Å². The van der Waals surface area contributed by atoms with E-state index >= 15 is 0 Å². The van der Waals surface area contributed by atoms with E-state index in [-0.39, 0.29) is 11.7 Å². The highest BCUT2D eigenvalue weighted by atomic mass is 16.6. The molecule has 5 heteroatoms. The summed E-state index contributed by atoms with van der Waals surface area (Å²) in [5.74, 6) is -1.31. The Balaban J connectivity index is 1.63. The minimum absolute atomic E-state index is 0.242. The third-order valence-corrected chi connectivity index (χ3v) is 7.09. The number of carbonyl (C=O) groups excluding carboxylic acids is 1. The molecule has 0 saturated carbocycles. The van der Waals surface area contributed by atoms with Crippen LogP contribution in [0.25, 0.3) is 6.08 Å². The number of carbonyl (C=O) groups is 1. The number of hydrogen-bond acceptors (Lipinski definition) is 5. The summed E-state index contributed by atoms with van der Waals surface area (Å²) in [6.45, 7) is 4.67. The predicted molar refractivity (Wildman–Crippen MR) is 123 cm³/mol. The van der Waals surface area contributed by atoms with Gasteiger partial charge in [-0.05, 0) is 40.8 Å². The van der Waals surface area contributed by atoms with Gasteiger partial charge < -0.3 is 20.5 Å². The summed E-state index contributed by atoms with van der Waals surface area (Å²) in [5.41, 5.74) is 9.81. The van der Waals surface area contributed by atoms with Crippen molar-refractivity contribution in [3.05, 3.63) is 100 Å². The first-order valence-corrected chi connectivity index (χ1v) is 10.9. The Kier molecular flexibility index (Phi) is 3.73. The molecule has 0 spiro atoms. The standard InChI is InChI=1S/C27H24N2O3/c1-16(2)18-10-11-20-23(14-18)32-27(31)21-8-5-9-22(28)24(21)25(30)26(20,27)29-13-12-17-6-3-4-7-19(17)15-29/h3-14,16,31H,15,28H2,1-2H3. The average molecular weight is 425 g/mol. The Hall–Kier alpha value is -3.57. The lowest BCUT2D eigenvalue weighted by atomic mass is 9.80. The number of nitrogens with zero attached hydrogens (tertiary/aromatic N) is 1. The van der Waals surface area contributed by atoms with E-state index < -0.39 is 11.3 Å². The summed E-state index contributed by atoms with van der Waals surface area (Å²) in [7, 11) is 0. The number of hydrogen-bond donors (Lipinski definition) is 2. The zero-order valence-electron chi connectivity index (χ0n) is 18.0. The van der Waals surface area contributed by atoms with Crippen LogP contribution in [0.1, 0.15) is 57.9 Å². The Bertz CT molecular complexity index is 1330. The first-order chi connectivity index (χ1) is 15.4. The molecule has 3 aromatic rings. The van der Waals surface area contributed by atoms with Crippen LogP contribution in [0.2, 0.25) is 0 Å². The third kappa shape index (κ3) is 2.14. The highest BCUT2D eigenvalue weighted by molar-refractivity contribution is 6.14. The maximum absolute atomic E-state index is 14.2. The van der Waals surface area contributed by atoms with Gasteiger partial charge >= 0.3 is 0 Å². The zero-order valence-corrected chi connectivity index (χ0v) is 18.0. The van der Waals surface area contributed by atoms with Gasteiger partial charge in [-0.15, -0.1) is 0 Å². The molecule has 0 fully saturated rings. The van der Waals surface area contributed by atoms with Crippen molar-refractivity contribution in [2.75, 3.05) is 5.73 Å². The van der Waals surface area contributed by atoms with Crippen molar-refractivity contribution >= 4 is 17.5 Å². The molecule has 0 saturated heterocycles. The van der Waals surface area contributed by atoms with Crippen LogP contribution in [0, 0.1) is 0 Å². The third-order valence-electron chi connectivity index (χ3n) is 7.09. The van der Waals surface area contributed by atoms with Crippen LogP contribution in [0.4, 0.5) is 5.69 Å². The number of Topliss-reactive ketones (excluding diaryl/α,β-unsaturated/α-hetero) is 1. The summed E-state index contributed by atoms with van der Waals surface area (Å²) in [5, 5.41) is 12.2. The number of ketones is 1. The molecule has 2 aliphatic heterocycles. The number of benzene rings is 3. The second-order valence-corrected chi connectivity index (χ2v) is 9.11. The second kappa shape index (κ2) is 6.24.